The fourth-order valence-electron chi connectivity index (χ4n) is 7.15. The lowest BCUT2D eigenvalue weighted by molar-refractivity contribution is -0.138. The Morgan fingerprint density at radius 1 is 0.912 bits per heavy atom. The topological polar surface area (TPSA) is 37.3 Å². The molecule has 0 unspecified atom stereocenters. The van der Waals surface area contributed by atoms with E-state index in [2.05, 4.69) is 49.4 Å². The van der Waals surface area contributed by atoms with Gasteiger partial charge in [-0.1, -0.05) is 94.4 Å². The molecule has 0 amide bonds. The Morgan fingerprint density at radius 3 is 2.24 bits per heavy atom. The summed E-state index contributed by atoms with van der Waals surface area (Å²) in [7, 11) is 0. The van der Waals surface area contributed by atoms with Crippen LogP contribution in [0.3, 0.4) is 0 Å². The molecule has 0 saturated heterocycles. The smallest absolute Gasteiger partial charge is 0.303 e. The van der Waals surface area contributed by atoms with E-state index < -0.39 is 5.97 Å². The van der Waals surface area contributed by atoms with Crippen LogP contribution in [0.15, 0.2) is 42.5 Å². The third-order valence-corrected chi connectivity index (χ3v) is 8.91. The minimum atomic E-state index is -0.618. The van der Waals surface area contributed by atoms with Crippen molar-refractivity contribution in [2.45, 2.75) is 134 Å². The van der Waals surface area contributed by atoms with Crippen molar-refractivity contribution in [3.05, 3.63) is 48.0 Å². The molecule has 2 fully saturated rings. The SMILES string of the molecule is CCCCCC/C=C\CCCCC[C@H](CC(=O)O)C[C@@]1(c2ccccc2)CCC2(CCCC2)C1. The van der Waals surface area contributed by atoms with Crippen LogP contribution < -0.4 is 0 Å². The summed E-state index contributed by atoms with van der Waals surface area (Å²) in [6, 6.07) is 11.1. The number of hydrogen-bond donors (Lipinski definition) is 1. The van der Waals surface area contributed by atoms with Crippen LogP contribution in [0.25, 0.3) is 0 Å². The molecular weight excluding hydrogens is 416 g/mol. The molecule has 3 rings (SSSR count). The highest BCUT2D eigenvalue weighted by Crippen LogP contribution is 2.60. The number of allylic oxidation sites excluding steroid dienone is 2. The van der Waals surface area contributed by atoms with Gasteiger partial charge in [-0.25, -0.2) is 0 Å². The van der Waals surface area contributed by atoms with Crippen molar-refractivity contribution in [1.29, 1.82) is 0 Å². The van der Waals surface area contributed by atoms with Crippen molar-refractivity contribution >= 4 is 5.97 Å². The zero-order chi connectivity index (χ0) is 24.1. The first-order valence-electron chi connectivity index (χ1n) is 14.5. The van der Waals surface area contributed by atoms with Crippen LogP contribution in [0.1, 0.15) is 134 Å². The standard InChI is InChI=1S/C32H50O2/c1-2-3-4-5-6-7-8-9-10-11-13-18-28(25-30(33)34)26-32(29-19-14-12-15-20-29)24-23-31(27-32)21-16-17-22-31/h7-8,12,14-15,19-20,28H,2-6,9-11,13,16-18,21-27H2,1H3,(H,33,34)/b8-7-/t28-,32+/m1/s1. The van der Waals surface area contributed by atoms with E-state index in [1.165, 1.54) is 102 Å². The van der Waals surface area contributed by atoms with Crippen LogP contribution in [0.4, 0.5) is 0 Å². The average molecular weight is 467 g/mol. The van der Waals surface area contributed by atoms with Gasteiger partial charge in [-0.3, -0.25) is 4.79 Å². The summed E-state index contributed by atoms with van der Waals surface area (Å²) < 4.78 is 0. The highest BCUT2D eigenvalue weighted by Gasteiger charge is 2.50. The second-order valence-electron chi connectivity index (χ2n) is 11.7. The second kappa shape index (κ2) is 14.1. The number of hydrogen-bond acceptors (Lipinski definition) is 1. The van der Waals surface area contributed by atoms with Crippen molar-refractivity contribution in [2.75, 3.05) is 0 Å². The predicted octanol–water partition coefficient (Wildman–Crippen LogP) is 9.63. The number of carbonyl (C=O) groups is 1. The molecular formula is C32H50O2. The van der Waals surface area contributed by atoms with Crippen LogP contribution in [0, 0.1) is 11.3 Å². The van der Waals surface area contributed by atoms with E-state index in [-0.39, 0.29) is 5.41 Å². The Hall–Kier alpha value is -1.57. The zero-order valence-electron chi connectivity index (χ0n) is 21.9. The van der Waals surface area contributed by atoms with E-state index in [0.717, 1.165) is 19.3 Å². The van der Waals surface area contributed by atoms with Gasteiger partial charge < -0.3 is 5.11 Å². The Labute approximate surface area is 209 Å². The molecule has 2 aliphatic carbocycles. The zero-order valence-corrected chi connectivity index (χ0v) is 21.9. The van der Waals surface area contributed by atoms with Crippen LogP contribution in [-0.2, 0) is 10.2 Å². The largest absolute Gasteiger partial charge is 0.481 e. The van der Waals surface area contributed by atoms with E-state index in [1.807, 2.05) is 0 Å². The lowest BCUT2D eigenvalue weighted by atomic mass is 9.68. The summed E-state index contributed by atoms with van der Waals surface area (Å²) in [5.74, 6) is -0.323. The van der Waals surface area contributed by atoms with Gasteiger partial charge in [0.2, 0.25) is 0 Å². The maximum atomic E-state index is 11.8. The van der Waals surface area contributed by atoms with Gasteiger partial charge in [-0.2, -0.15) is 0 Å². The van der Waals surface area contributed by atoms with E-state index in [9.17, 15) is 9.90 Å². The van der Waals surface area contributed by atoms with Gasteiger partial charge >= 0.3 is 5.97 Å². The summed E-state index contributed by atoms with van der Waals surface area (Å²) >= 11 is 0. The fraction of sp³-hybridized carbons (Fsp3) is 0.719. The minimum absolute atomic E-state index is 0.187. The summed E-state index contributed by atoms with van der Waals surface area (Å²) in [5, 5.41) is 9.69. The van der Waals surface area contributed by atoms with Gasteiger partial charge in [-0.05, 0) is 92.9 Å². The number of benzene rings is 1. The molecule has 190 valence electrons. The molecule has 1 aromatic rings. The first kappa shape index (κ1) is 27.0. The van der Waals surface area contributed by atoms with E-state index in [1.54, 1.807) is 0 Å². The number of unbranched alkanes of at least 4 members (excludes halogenated alkanes) is 7. The first-order valence-corrected chi connectivity index (χ1v) is 14.5. The van der Waals surface area contributed by atoms with Gasteiger partial charge in [0.05, 0.1) is 0 Å². The second-order valence-corrected chi connectivity index (χ2v) is 11.7. The molecule has 2 saturated carbocycles. The number of carboxylic acids is 1. The molecule has 0 radical (unpaired) electrons. The van der Waals surface area contributed by atoms with Crippen molar-refractivity contribution in [1.82, 2.24) is 0 Å². The molecule has 2 nitrogen and oxygen atoms in total. The maximum absolute atomic E-state index is 11.8. The Morgan fingerprint density at radius 2 is 1.59 bits per heavy atom. The van der Waals surface area contributed by atoms with Crippen molar-refractivity contribution in [2.24, 2.45) is 11.3 Å². The quantitative estimate of drug-likeness (QED) is 0.194. The van der Waals surface area contributed by atoms with Crippen molar-refractivity contribution in [3.63, 3.8) is 0 Å². The van der Waals surface area contributed by atoms with Gasteiger partial charge in [0.25, 0.3) is 0 Å². The average Bonchev–Trinajstić information content (AvgIpc) is 3.45. The summed E-state index contributed by atoms with van der Waals surface area (Å²) in [5.41, 5.74) is 2.19. The molecule has 1 spiro atoms. The number of aliphatic carboxylic acids is 1. The highest BCUT2D eigenvalue weighted by atomic mass is 16.4. The summed E-state index contributed by atoms with van der Waals surface area (Å²) in [4.78, 5) is 11.8. The predicted molar refractivity (Wildman–Crippen MR) is 144 cm³/mol. The molecule has 1 N–H and O–H groups in total. The molecule has 2 atom stereocenters. The molecule has 0 aliphatic heterocycles. The molecule has 2 heteroatoms. The van der Waals surface area contributed by atoms with Gasteiger partial charge in [0, 0.05) is 6.42 Å². The monoisotopic (exact) mass is 466 g/mol. The third-order valence-electron chi connectivity index (χ3n) is 8.91. The number of rotatable bonds is 16. The van der Waals surface area contributed by atoms with Crippen LogP contribution in [0.5, 0.6) is 0 Å². The van der Waals surface area contributed by atoms with Crippen LogP contribution in [-0.4, -0.2) is 11.1 Å². The number of carboxylic acid groups (broad SMARTS) is 1. The minimum Gasteiger partial charge on any atom is -0.481 e. The Bertz CT molecular complexity index is 731. The highest BCUT2D eigenvalue weighted by molar-refractivity contribution is 5.67. The Balaban J connectivity index is 1.51. The summed E-state index contributed by atoms with van der Waals surface area (Å²) in [6.07, 6.45) is 28.0. The van der Waals surface area contributed by atoms with E-state index in [4.69, 9.17) is 0 Å². The normalized spacial score (nSPS) is 22.6. The molecule has 0 heterocycles. The van der Waals surface area contributed by atoms with Gasteiger partial charge in [0.15, 0.2) is 0 Å². The van der Waals surface area contributed by atoms with Crippen LogP contribution in [0.2, 0.25) is 0 Å². The molecule has 0 aromatic heterocycles. The maximum Gasteiger partial charge on any atom is 0.303 e. The first-order chi connectivity index (χ1) is 16.6. The van der Waals surface area contributed by atoms with Crippen LogP contribution >= 0.6 is 0 Å². The molecule has 1 aromatic carbocycles. The summed E-state index contributed by atoms with van der Waals surface area (Å²) in [6.45, 7) is 2.26. The van der Waals surface area contributed by atoms with Crippen molar-refractivity contribution in [3.8, 4) is 0 Å². The molecule has 2 aliphatic rings. The molecule has 34 heavy (non-hydrogen) atoms. The third kappa shape index (κ3) is 8.28. The van der Waals surface area contributed by atoms with Gasteiger partial charge in [0.1, 0.15) is 0 Å². The van der Waals surface area contributed by atoms with E-state index in [0.29, 0.717) is 17.8 Å². The fourth-order valence-corrected chi connectivity index (χ4v) is 7.15. The van der Waals surface area contributed by atoms with Crippen molar-refractivity contribution < 1.29 is 9.90 Å². The lowest BCUT2D eigenvalue weighted by Gasteiger charge is -2.36. The Kier molecular flexibility index (Phi) is 11.2. The van der Waals surface area contributed by atoms with Gasteiger partial charge in [-0.15, -0.1) is 0 Å². The lowest BCUT2D eigenvalue weighted by Crippen LogP contribution is -2.29. The van der Waals surface area contributed by atoms with E-state index >= 15 is 0 Å². The molecule has 0 bridgehead atoms.